The van der Waals surface area contributed by atoms with Crippen LogP contribution in [0.4, 0.5) is 0 Å². The van der Waals surface area contributed by atoms with Crippen molar-refractivity contribution in [1.29, 1.82) is 0 Å². The van der Waals surface area contributed by atoms with Crippen LogP contribution in [-0.2, 0) is 11.3 Å². The molecule has 0 saturated heterocycles. The predicted molar refractivity (Wildman–Crippen MR) is 74.9 cm³/mol. The molecule has 0 atom stereocenters. The minimum Gasteiger partial charge on any atom is -0.477 e. The molecule has 0 radical (unpaired) electrons. The molecule has 0 unspecified atom stereocenters. The van der Waals surface area contributed by atoms with Crippen LogP contribution in [-0.4, -0.2) is 29.4 Å². The molecule has 1 heterocycles. The Bertz CT molecular complexity index is 599. The van der Waals surface area contributed by atoms with Crippen molar-refractivity contribution in [3.05, 3.63) is 35.5 Å². The second-order valence-corrected chi connectivity index (χ2v) is 4.92. The molecule has 1 aromatic carbocycles. The predicted octanol–water partition coefficient (Wildman–Crippen LogP) is 3.11. The first-order valence-electron chi connectivity index (χ1n) is 6.40. The second-order valence-electron chi connectivity index (χ2n) is 4.92. The maximum Gasteiger partial charge on any atom is 0.352 e. The Morgan fingerprint density at radius 2 is 2.16 bits per heavy atom. The summed E-state index contributed by atoms with van der Waals surface area (Å²) < 4.78 is 6.93. The smallest absolute Gasteiger partial charge is 0.352 e. The average Bonchev–Trinajstić information content (AvgIpc) is 2.74. The molecule has 0 fully saturated rings. The molecule has 2 aromatic rings. The van der Waals surface area contributed by atoms with Crippen LogP contribution < -0.4 is 0 Å². The molecule has 4 heteroatoms. The highest BCUT2D eigenvalue weighted by atomic mass is 16.5. The molecule has 0 aliphatic heterocycles. The SMILES string of the molecule is COCCn1c(C(=O)O)cc2cccc(C(C)C)c21. The molecule has 0 bridgehead atoms. The van der Waals surface area contributed by atoms with Gasteiger partial charge in [-0.1, -0.05) is 32.0 Å². The van der Waals surface area contributed by atoms with Gasteiger partial charge in [0.15, 0.2) is 0 Å². The number of ether oxygens (including phenoxy) is 1. The van der Waals surface area contributed by atoms with Crippen molar-refractivity contribution in [2.24, 2.45) is 0 Å². The van der Waals surface area contributed by atoms with Crippen LogP contribution in [0.15, 0.2) is 24.3 Å². The Labute approximate surface area is 112 Å². The number of hydrogen-bond acceptors (Lipinski definition) is 2. The van der Waals surface area contributed by atoms with E-state index in [4.69, 9.17) is 4.74 Å². The normalized spacial score (nSPS) is 11.4. The summed E-state index contributed by atoms with van der Waals surface area (Å²) in [4.78, 5) is 11.4. The van der Waals surface area contributed by atoms with Gasteiger partial charge < -0.3 is 14.4 Å². The molecule has 0 aliphatic rings. The summed E-state index contributed by atoms with van der Waals surface area (Å²) in [5.74, 6) is -0.552. The monoisotopic (exact) mass is 261 g/mol. The van der Waals surface area contributed by atoms with Gasteiger partial charge in [-0.3, -0.25) is 0 Å². The van der Waals surface area contributed by atoms with Gasteiger partial charge in [0.05, 0.1) is 12.1 Å². The molecule has 2 rings (SSSR count). The molecule has 19 heavy (non-hydrogen) atoms. The van der Waals surface area contributed by atoms with Crippen molar-refractivity contribution < 1.29 is 14.6 Å². The van der Waals surface area contributed by atoms with Crippen LogP contribution >= 0.6 is 0 Å². The summed E-state index contributed by atoms with van der Waals surface area (Å²) in [7, 11) is 1.62. The fraction of sp³-hybridized carbons (Fsp3) is 0.400. The number of aromatic nitrogens is 1. The standard InChI is InChI=1S/C15H19NO3/c1-10(2)12-6-4-5-11-9-13(15(17)18)16(14(11)12)7-8-19-3/h4-6,9-10H,7-8H2,1-3H3,(H,17,18). The molecule has 1 aromatic heterocycles. The van der Waals surface area contributed by atoms with Crippen LogP contribution in [0.2, 0.25) is 0 Å². The van der Waals surface area contributed by atoms with Gasteiger partial charge in [0, 0.05) is 19.0 Å². The largest absolute Gasteiger partial charge is 0.477 e. The zero-order chi connectivity index (χ0) is 14.0. The molecule has 0 amide bonds. The van der Waals surface area contributed by atoms with Gasteiger partial charge in [0.1, 0.15) is 5.69 Å². The molecule has 102 valence electrons. The highest BCUT2D eigenvalue weighted by molar-refractivity contribution is 5.96. The summed E-state index contributed by atoms with van der Waals surface area (Å²) in [6.07, 6.45) is 0. The summed E-state index contributed by atoms with van der Waals surface area (Å²) in [6.45, 7) is 5.27. The van der Waals surface area contributed by atoms with Crippen LogP contribution in [0, 0.1) is 0 Å². The van der Waals surface area contributed by atoms with Crippen LogP contribution in [0.25, 0.3) is 10.9 Å². The maximum atomic E-state index is 11.4. The van der Waals surface area contributed by atoms with Crippen molar-refractivity contribution in [2.45, 2.75) is 26.3 Å². The Kier molecular flexibility index (Phi) is 3.90. The third kappa shape index (κ3) is 2.49. The van der Waals surface area contributed by atoms with Crippen molar-refractivity contribution >= 4 is 16.9 Å². The summed E-state index contributed by atoms with van der Waals surface area (Å²) in [5, 5.41) is 10.3. The van der Waals surface area contributed by atoms with Crippen LogP contribution in [0.3, 0.4) is 0 Å². The number of fused-ring (bicyclic) bond motifs is 1. The van der Waals surface area contributed by atoms with Crippen LogP contribution in [0.1, 0.15) is 35.8 Å². The average molecular weight is 261 g/mol. The topological polar surface area (TPSA) is 51.5 Å². The Morgan fingerprint density at radius 3 is 2.74 bits per heavy atom. The summed E-state index contributed by atoms with van der Waals surface area (Å²) >= 11 is 0. The van der Waals surface area contributed by atoms with Gasteiger partial charge in [0.2, 0.25) is 0 Å². The lowest BCUT2D eigenvalue weighted by atomic mass is 10.0. The Hall–Kier alpha value is -1.81. The lowest BCUT2D eigenvalue weighted by Gasteiger charge is -2.13. The Morgan fingerprint density at radius 1 is 1.42 bits per heavy atom. The number of methoxy groups -OCH3 is 1. The van der Waals surface area contributed by atoms with E-state index in [0.717, 1.165) is 10.9 Å². The maximum absolute atomic E-state index is 11.4. The lowest BCUT2D eigenvalue weighted by molar-refractivity contribution is 0.0683. The number of carboxylic acid groups (broad SMARTS) is 1. The fourth-order valence-corrected chi connectivity index (χ4v) is 2.41. The van der Waals surface area contributed by atoms with E-state index in [1.807, 2.05) is 16.7 Å². The number of hydrogen-bond donors (Lipinski definition) is 1. The molecule has 0 spiro atoms. The third-order valence-corrected chi connectivity index (χ3v) is 3.31. The Balaban J connectivity index is 2.69. The van der Waals surface area contributed by atoms with Crippen molar-refractivity contribution in [1.82, 2.24) is 4.57 Å². The van der Waals surface area contributed by atoms with Crippen molar-refractivity contribution in [2.75, 3.05) is 13.7 Å². The summed E-state index contributed by atoms with van der Waals surface area (Å²) in [5.41, 5.74) is 2.49. The number of carboxylic acids is 1. The molecule has 4 nitrogen and oxygen atoms in total. The number of nitrogens with zero attached hydrogens (tertiary/aromatic N) is 1. The quantitative estimate of drug-likeness (QED) is 0.899. The van der Waals surface area contributed by atoms with E-state index >= 15 is 0 Å². The highest BCUT2D eigenvalue weighted by Crippen LogP contribution is 2.28. The molecule has 1 N–H and O–H groups in total. The minimum atomic E-state index is -0.901. The van der Waals surface area contributed by atoms with E-state index in [2.05, 4.69) is 19.9 Å². The second kappa shape index (κ2) is 5.45. The van der Waals surface area contributed by atoms with E-state index in [1.165, 1.54) is 5.56 Å². The summed E-state index contributed by atoms with van der Waals surface area (Å²) in [6, 6.07) is 7.72. The zero-order valence-corrected chi connectivity index (χ0v) is 11.5. The fourth-order valence-electron chi connectivity index (χ4n) is 2.41. The highest BCUT2D eigenvalue weighted by Gasteiger charge is 2.17. The van der Waals surface area contributed by atoms with Gasteiger partial charge >= 0.3 is 5.97 Å². The van der Waals surface area contributed by atoms with Gasteiger partial charge in [0.25, 0.3) is 0 Å². The molecular weight excluding hydrogens is 242 g/mol. The van der Waals surface area contributed by atoms with Gasteiger partial charge in [-0.05, 0) is 17.5 Å². The zero-order valence-electron chi connectivity index (χ0n) is 11.5. The van der Waals surface area contributed by atoms with E-state index < -0.39 is 5.97 Å². The number of para-hydroxylation sites is 1. The van der Waals surface area contributed by atoms with Crippen molar-refractivity contribution in [3.63, 3.8) is 0 Å². The van der Waals surface area contributed by atoms with Crippen molar-refractivity contribution in [3.8, 4) is 0 Å². The van der Waals surface area contributed by atoms with E-state index in [9.17, 15) is 9.90 Å². The first-order valence-corrected chi connectivity index (χ1v) is 6.40. The first-order chi connectivity index (χ1) is 9.06. The number of rotatable bonds is 5. The van der Waals surface area contributed by atoms with E-state index in [1.54, 1.807) is 13.2 Å². The molecule has 0 saturated carbocycles. The van der Waals surface area contributed by atoms with E-state index in [0.29, 0.717) is 24.8 Å². The van der Waals surface area contributed by atoms with Gasteiger partial charge in [-0.15, -0.1) is 0 Å². The lowest BCUT2D eigenvalue weighted by Crippen LogP contribution is -2.12. The van der Waals surface area contributed by atoms with Gasteiger partial charge in [-0.25, -0.2) is 4.79 Å². The molecule has 0 aliphatic carbocycles. The number of aromatic carboxylic acids is 1. The third-order valence-electron chi connectivity index (χ3n) is 3.31. The first kappa shape index (κ1) is 13.6. The number of benzene rings is 1. The number of carbonyl (C=O) groups is 1. The minimum absolute atomic E-state index is 0.320. The molecular formula is C15H19NO3. The van der Waals surface area contributed by atoms with E-state index in [-0.39, 0.29) is 0 Å². The van der Waals surface area contributed by atoms with Crippen LogP contribution in [0.5, 0.6) is 0 Å². The van der Waals surface area contributed by atoms with Gasteiger partial charge in [-0.2, -0.15) is 0 Å².